The maximum atomic E-state index is 11.8. The van der Waals surface area contributed by atoms with E-state index in [-0.39, 0.29) is 17.6 Å². The number of carbonyl (C=O) groups excluding carboxylic acids is 4. The van der Waals surface area contributed by atoms with Crippen molar-refractivity contribution < 1.29 is 28.7 Å². The molecule has 0 radical (unpaired) electrons. The number of imide groups is 1. The van der Waals surface area contributed by atoms with Crippen molar-refractivity contribution in [1.29, 1.82) is 0 Å². The number of ether oxygens (including phenoxy) is 2. The fourth-order valence-electron chi connectivity index (χ4n) is 1.67. The number of amides is 4. The number of urea groups is 1. The SMILES string of the molecule is COC(=O)NC(=O)COC(=O)c1ccc(CNC(=O)NC(C)C)cc1. The first-order chi connectivity index (χ1) is 11.8. The molecule has 0 unspecified atom stereocenters. The van der Waals surface area contributed by atoms with Gasteiger partial charge in [0.2, 0.25) is 0 Å². The Balaban J connectivity index is 2.44. The molecule has 0 aliphatic carbocycles. The molecule has 0 atom stereocenters. The van der Waals surface area contributed by atoms with Gasteiger partial charge < -0.3 is 20.1 Å². The van der Waals surface area contributed by atoms with Crippen LogP contribution in [0.4, 0.5) is 9.59 Å². The Morgan fingerprint density at radius 3 is 2.28 bits per heavy atom. The van der Waals surface area contributed by atoms with E-state index in [1.807, 2.05) is 19.2 Å². The van der Waals surface area contributed by atoms with Gasteiger partial charge in [0, 0.05) is 12.6 Å². The Hall–Kier alpha value is -3.10. The van der Waals surface area contributed by atoms with Crippen LogP contribution in [0.1, 0.15) is 29.8 Å². The Labute approximate surface area is 145 Å². The fourth-order valence-corrected chi connectivity index (χ4v) is 1.67. The molecule has 0 saturated carbocycles. The van der Waals surface area contributed by atoms with E-state index in [2.05, 4.69) is 15.4 Å². The molecule has 1 aromatic rings. The topological polar surface area (TPSA) is 123 Å². The van der Waals surface area contributed by atoms with Crippen LogP contribution in [0.15, 0.2) is 24.3 Å². The number of hydrogen-bond donors (Lipinski definition) is 3. The predicted octanol–water partition coefficient (Wildman–Crippen LogP) is 0.934. The van der Waals surface area contributed by atoms with E-state index in [4.69, 9.17) is 4.74 Å². The molecule has 1 rings (SSSR count). The summed E-state index contributed by atoms with van der Waals surface area (Å²) in [5.41, 5.74) is 1.03. The van der Waals surface area contributed by atoms with E-state index < -0.39 is 24.6 Å². The molecule has 0 spiro atoms. The third-order valence-electron chi connectivity index (χ3n) is 2.82. The molecule has 4 amide bonds. The van der Waals surface area contributed by atoms with Crippen LogP contribution in [0.25, 0.3) is 0 Å². The van der Waals surface area contributed by atoms with Gasteiger partial charge in [-0.1, -0.05) is 12.1 Å². The summed E-state index contributed by atoms with van der Waals surface area (Å²) in [6.45, 7) is 3.40. The van der Waals surface area contributed by atoms with E-state index in [1.165, 1.54) is 12.1 Å². The van der Waals surface area contributed by atoms with Crippen LogP contribution in [0.2, 0.25) is 0 Å². The molecular weight excluding hydrogens is 330 g/mol. The largest absolute Gasteiger partial charge is 0.453 e. The van der Waals surface area contributed by atoms with Crippen LogP contribution in [0, 0.1) is 0 Å². The van der Waals surface area contributed by atoms with Crippen LogP contribution in [0.3, 0.4) is 0 Å². The Morgan fingerprint density at radius 1 is 1.08 bits per heavy atom. The second kappa shape index (κ2) is 9.91. The van der Waals surface area contributed by atoms with Crippen molar-refractivity contribution in [2.45, 2.75) is 26.4 Å². The summed E-state index contributed by atoms with van der Waals surface area (Å²) in [7, 11) is 1.11. The van der Waals surface area contributed by atoms with Gasteiger partial charge >= 0.3 is 18.1 Å². The van der Waals surface area contributed by atoms with Crippen molar-refractivity contribution in [1.82, 2.24) is 16.0 Å². The minimum atomic E-state index is -0.931. The van der Waals surface area contributed by atoms with Crippen molar-refractivity contribution in [2.75, 3.05) is 13.7 Å². The summed E-state index contributed by atoms with van der Waals surface area (Å²) in [4.78, 5) is 45.4. The summed E-state index contributed by atoms with van der Waals surface area (Å²) < 4.78 is 9.02. The number of esters is 1. The molecular formula is C16H21N3O6. The van der Waals surface area contributed by atoms with Crippen LogP contribution < -0.4 is 16.0 Å². The van der Waals surface area contributed by atoms with Gasteiger partial charge in [-0.15, -0.1) is 0 Å². The van der Waals surface area contributed by atoms with Crippen LogP contribution in [-0.2, 0) is 20.8 Å². The van der Waals surface area contributed by atoms with Gasteiger partial charge in [-0.25, -0.2) is 14.4 Å². The Bertz CT molecular complexity index is 627. The number of nitrogens with one attached hydrogen (secondary N) is 3. The maximum absolute atomic E-state index is 11.8. The quantitative estimate of drug-likeness (QED) is 0.655. The molecule has 0 aromatic heterocycles. The molecule has 3 N–H and O–H groups in total. The second-order valence-corrected chi connectivity index (χ2v) is 5.29. The smallest absolute Gasteiger partial charge is 0.413 e. The molecule has 0 fully saturated rings. The van der Waals surface area contributed by atoms with Crippen molar-refractivity contribution >= 4 is 24.0 Å². The highest BCUT2D eigenvalue weighted by Gasteiger charge is 2.12. The average molecular weight is 351 g/mol. The summed E-state index contributed by atoms with van der Waals surface area (Å²) in [5, 5.41) is 7.24. The molecule has 25 heavy (non-hydrogen) atoms. The van der Waals surface area contributed by atoms with Gasteiger partial charge in [0.15, 0.2) is 6.61 Å². The first-order valence-electron chi connectivity index (χ1n) is 7.50. The van der Waals surface area contributed by atoms with Crippen molar-refractivity contribution in [2.24, 2.45) is 0 Å². The molecule has 9 nitrogen and oxygen atoms in total. The van der Waals surface area contributed by atoms with Gasteiger partial charge in [-0.2, -0.15) is 0 Å². The van der Waals surface area contributed by atoms with Crippen LogP contribution in [0.5, 0.6) is 0 Å². The van der Waals surface area contributed by atoms with Crippen LogP contribution >= 0.6 is 0 Å². The number of methoxy groups -OCH3 is 1. The van der Waals surface area contributed by atoms with Gasteiger partial charge in [0.1, 0.15) is 0 Å². The molecule has 9 heteroatoms. The monoisotopic (exact) mass is 351 g/mol. The highest BCUT2D eigenvalue weighted by Crippen LogP contribution is 2.06. The highest BCUT2D eigenvalue weighted by molar-refractivity contribution is 5.95. The lowest BCUT2D eigenvalue weighted by Crippen LogP contribution is -2.39. The predicted molar refractivity (Wildman–Crippen MR) is 87.8 cm³/mol. The standard InChI is InChI=1S/C16H21N3O6/c1-10(2)18-15(22)17-8-11-4-6-12(7-5-11)14(21)25-9-13(20)19-16(23)24-3/h4-7,10H,8-9H2,1-3H3,(H2,17,18,22)(H,19,20,23). The third kappa shape index (κ3) is 7.82. The first kappa shape index (κ1) is 19.9. The van der Waals surface area contributed by atoms with Gasteiger partial charge in [-0.3, -0.25) is 10.1 Å². The average Bonchev–Trinajstić information content (AvgIpc) is 2.57. The number of alkyl carbamates (subject to hydrolysis) is 1. The number of carbonyl (C=O) groups is 4. The maximum Gasteiger partial charge on any atom is 0.413 e. The molecule has 0 aliphatic heterocycles. The summed E-state index contributed by atoms with van der Waals surface area (Å²) >= 11 is 0. The van der Waals surface area contributed by atoms with Crippen molar-refractivity contribution in [3.63, 3.8) is 0 Å². The lowest BCUT2D eigenvalue weighted by atomic mass is 10.1. The number of benzene rings is 1. The van der Waals surface area contributed by atoms with Crippen LogP contribution in [-0.4, -0.2) is 43.8 Å². The van der Waals surface area contributed by atoms with Gasteiger partial charge in [0.25, 0.3) is 5.91 Å². The van der Waals surface area contributed by atoms with E-state index in [1.54, 1.807) is 12.1 Å². The Kier molecular flexibility index (Phi) is 7.91. The van der Waals surface area contributed by atoms with Crippen molar-refractivity contribution in [3.8, 4) is 0 Å². The lowest BCUT2D eigenvalue weighted by molar-refractivity contribution is -0.123. The molecule has 0 bridgehead atoms. The summed E-state index contributed by atoms with van der Waals surface area (Å²) in [5.74, 6) is -1.51. The van der Waals surface area contributed by atoms with E-state index in [0.29, 0.717) is 6.54 Å². The number of hydrogen-bond acceptors (Lipinski definition) is 6. The molecule has 136 valence electrons. The van der Waals surface area contributed by atoms with E-state index in [9.17, 15) is 19.2 Å². The first-order valence-corrected chi connectivity index (χ1v) is 7.50. The highest BCUT2D eigenvalue weighted by atomic mass is 16.5. The minimum absolute atomic E-state index is 0.0357. The summed E-state index contributed by atoms with van der Waals surface area (Å²) in [6, 6.07) is 6.08. The van der Waals surface area contributed by atoms with Gasteiger partial charge in [-0.05, 0) is 31.5 Å². The molecule has 0 saturated heterocycles. The third-order valence-corrected chi connectivity index (χ3v) is 2.82. The normalized spacial score (nSPS) is 9.92. The lowest BCUT2D eigenvalue weighted by Gasteiger charge is -2.10. The van der Waals surface area contributed by atoms with E-state index >= 15 is 0 Å². The minimum Gasteiger partial charge on any atom is -0.453 e. The number of rotatable bonds is 6. The van der Waals surface area contributed by atoms with Crippen molar-refractivity contribution in [3.05, 3.63) is 35.4 Å². The fraction of sp³-hybridized carbons (Fsp3) is 0.375. The molecule has 1 aromatic carbocycles. The zero-order valence-electron chi connectivity index (χ0n) is 14.3. The zero-order chi connectivity index (χ0) is 18.8. The molecule has 0 heterocycles. The Morgan fingerprint density at radius 2 is 1.72 bits per heavy atom. The molecule has 0 aliphatic rings. The summed E-state index contributed by atoms with van der Waals surface area (Å²) in [6.07, 6.45) is -0.931. The van der Waals surface area contributed by atoms with E-state index in [0.717, 1.165) is 12.7 Å². The van der Waals surface area contributed by atoms with Gasteiger partial charge in [0.05, 0.1) is 12.7 Å². The zero-order valence-corrected chi connectivity index (χ0v) is 14.3. The second-order valence-electron chi connectivity index (χ2n) is 5.29.